The summed E-state index contributed by atoms with van der Waals surface area (Å²) in [6.45, 7) is 3.76. The molecule has 2 rings (SSSR count). The molecule has 114 valence electrons. The molecule has 0 atom stereocenters. The van der Waals surface area contributed by atoms with E-state index in [-0.39, 0.29) is 22.0 Å². The quantitative estimate of drug-likeness (QED) is 0.721. The third kappa shape index (κ3) is 3.19. The number of rotatable bonds is 5. The number of H-pyrrole nitrogens is 2. The van der Waals surface area contributed by atoms with Crippen LogP contribution in [0.5, 0.6) is 0 Å². The number of nitrogens with zero attached hydrogens (tertiary/aromatic N) is 1. The van der Waals surface area contributed by atoms with Crippen LogP contribution in [0.2, 0.25) is 0 Å². The lowest BCUT2D eigenvalue weighted by Gasteiger charge is -2.14. The van der Waals surface area contributed by atoms with Crippen LogP contribution in [0.15, 0.2) is 26.7 Å². The molecule has 0 saturated heterocycles. The van der Waals surface area contributed by atoms with Crippen LogP contribution in [-0.4, -0.2) is 29.4 Å². The minimum absolute atomic E-state index is 0.0158. The molecule has 2 heterocycles. The first-order chi connectivity index (χ1) is 9.87. The van der Waals surface area contributed by atoms with Gasteiger partial charge in [-0.1, -0.05) is 13.8 Å². The van der Waals surface area contributed by atoms with E-state index < -0.39 is 21.3 Å². The number of hydrogen-bond acceptors (Lipinski definition) is 5. The number of pyridine rings is 1. The standard InChI is InChI=1S/C12H16N4O4S/c1-3-7(4-2)16-21(19,20)8-5-9-10(13-6-8)14-12(18)15-11(9)17/h5-7,16H,3-4H2,1-2H3,(H2,13,14,15,17,18). The Morgan fingerprint density at radius 3 is 2.52 bits per heavy atom. The molecule has 0 radical (unpaired) electrons. The molecule has 0 bridgehead atoms. The summed E-state index contributed by atoms with van der Waals surface area (Å²) in [6, 6.07) is 1.02. The van der Waals surface area contributed by atoms with E-state index in [1.807, 2.05) is 18.8 Å². The van der Waals surface area contributed by atoms with Crippen molar-refractivity contribution >= 4 is 21.1 Å². The summed E-state index contributed by atoms with van der Waals surface area (Å²) in [5.41, 5.74) is -1.32. The fourth-order valence-electron chi connectivity index (χ4n) is 1.92. The number of hydrogen-bond donors (Lipinski definition) is 3. The topological polar surface area (TPSA) is 125 Å². The van der Waals surface area contributed by atoms with Gasteiger partial charge in [-0.15, -0.1) is 0 Å². The van der Waals surface area contributed by atoms with E-state index in [0.717, 1.165) is 6.20 Å². The van der Waals surface area contributed by atoms with Crippen LogP contribution in [0.25, 0.3) is 11.0 Å². The molecule has 0 aliphatic rings. The van der Waals surface area contributed by atoms with Gasteiger partial charge in [-0.2, -0.15) is 0 Å². The zero-order valence-corrected chi connectivity index (χ0v) is 12.5. The van der Waals surface area contributed by atoms with Crippen LogP contribution < -0.4 is 16.0 Å². The molecule has 8 nitrogen and oxygen atoms in total. The second kappa shape index (κ2) is 5.78. The first-order valence-electron chi connectivity index (χ1n) is 6.52. The van der Waals surface area contributed by atoms with Crippen molar-refractivity contribution in [3.8, 4) is 0 Å². The summed E-state index contributed by atoms with van der Waals surface area (Å²) in [7, 11) is -3.76. The lowest BCUT2D eigenvalue weighted by atomic mass is 10.2. The van der Waals surface area contributed by atoms with Crippen LogP contribution in [0.1, 0.15) is 26.7 Å². The van der Waals surface area contributed by atoms with E-state index in [9.17, 15) is 18.0 Å². The molecule has 0 aliphatic carbocycles. The van der Waals surface area contributed by atoms with Crippen molar-refractivity contribution in [1.29, 1.82) is 0 Å². The van der Waals surface area contributed by atoms with Crippen molar-refractivity contribution < 1.29 is 8.42 Å². The first kappa shape index (κ1) is 15.4. The summed E-state index contributed by atoms with van der Waals surface area (Å²) >= 11 is 0. The second-order valence-electron chi connectivity index (χ2n) is 4.61. The number of aromatic nitrogens is 3. The second-order valence-corrected chi connectivity index (χ2v) is 6.32. The molecule has 3 N–H and O–H groups in total. The molecule has 2 aromatic heterocycles. The predicted molar refractivity (Wildman–Crippen MR) is 77.7 cm³/mol. The van der Waals surface area contributed by atoms with E-state index in [1.165, 1.54) is 6.07 Å². The van der Waals surface area contributed by atoms with Gasteiger partial charge < -0.3 is 0 Å². The van der Waals surface area contributed by atoms with Gasteiger partial charge >= 0.3 is 5.69 Å². The number of aromatic amines is 2. The normalized spacial score (nSPS) is 12.1. The fraction of sp³-hybridized carbons (Fsp3) is 0.417. The van der Waals surface area contributed by atoms with Gasteiger partial charge in [0, 0.05) is 12.2 Å². The fourth-order valence-corrected chi connectivity index (χ4v) is 3.29. The van der Waals surface area contributed by atoms with Gasteiger partial charge in [0.2, 0.25) is 10.0 Å². The Labute approximate surface area is 120 Å². The van der Waals surface area contributed by atoms with E-state index in [1.54, 1.807) is 0 Å². The Morgan fingerprint density at radius 2 is 1.90 bits per heavy atom. The maximum Gasteiger partial charge on any atom is 0.327 e. The van der Waals surface area contributed by atoms with Crippen LogP contribution in [0, 0.1) is 0 Å². The highest BCUT2D eigenvalue weighted by molar-refractivity contribution is 7.89. The van der Waals surface area contributed by atoms with Crippen LogP contribution in [0.3, 0.4) is 0 Å². The molecule has 2 aromatic rings. The third-order valence-electron chi connectivity index (χ3n) is 3.18. The van der Waals surface area contributed by atoms with Gasteiger partial charge in [-0.3, -0.25) is 14.8 Å². The smallest absolute Gasteiger partial charge is 0.291 e. The van der Waals surface area contributed by atoms with Gasteiger partial charge in [-0.05, 0) is 18.9 Å². The Hall–Kier alpha value is -2.00. The molecule has 0 amide bonds. The summed E-state index contributed by atoms with van der Waals surface area (Å²) in [6.07, 6.45) is 2.43. The van der Waals surface area contributed by atoms with Gasteiger partial charge in [-0.25, -0.2) is 22.9 Å². The Kier molecular flexibility index (Phi) is 4.24. The number of fused-ring (bicyclic) bond motifs is 1. The molecule has 0 saturated carbocycles. The van der Waals surface area contributed by atoms with Crippen molar-refractivity contribution in [3.63, 3.8) is 0 Å². The van der Waals surface area contributed by atoms with Crippen molar-refractivity contribution in [3.05, 3.63) is 33.1 Å². The van der Waals surface area contributed by atoms with Crippen LogP contribution in [0.4, 0.5) is 0 Å². The molecule has 0 unspecified atom stereocenters. The Balaban J connectivity index is 2.52. The minimum Gasteiger partial charge on any atom is -0.291 e. The first-order valence-corrected chi connectivity index (χ1v) is 8.00. The third-order valence-corrected chi connectivity index (χ3v) is 4.67. The van der Waals surface area contributed by atoms with Gasteiger partial charge in [0.15, 0.2) is 0 Å². The predicted octanol–water partition coefficient (Wildman–Crippen LogP) is 0.0783. The van der Waals surface area contributed by atoms with Crippen molar-refractivity contribution in [2.75, 3.05) is 0 Å². The number of nitrogens with one attached hydrogen (secondary N) is 3. The lowest BCUT2D eigenvalue weighted by Crippen LogP contribution is -2.34. The lowest BCUT2D eigenvalue weighted by molar-refractivity contribution is 0.530. The maximum atomic E-state index is 12.2. The summed E-state index contributed by atoms with van der Waals surface area (Å²) in [5, 5.41) is 0.0158. The molecule has 21 heavy (non-hydrogen) atoms. The Morgan fingerprint density at radius 1 is 1.24 bits per heavy atom. The molecule has 0 spiro atoms. The monoisotopic (exact) mass is 312 g/mol. The average Bonchev–Trinajstić information content (AvgIpc) is 2.44. The number of sulfonamides is 1. The maximum absolute atomic E-state index is 12.2. The SMILES string of the molecule is CCC(CC)NS(=O)(=O)c1cnc2[nH]c(=O)[nH]c(=O)c2c1. The van der Waals surface area contributed by atoms with Crippen molar-refractivity contribution in [2.45, 2.75) is 37.6 Å². The van der Waals surface area contributed by atoms with E-state index in [0.29, 0.717) is 12.8 Å². The zero-order chi connectivity index (χ0) is 15.6. The molecule has 0 fully saturated rings. The van der Waals surface area contributed by atoms with Gasteiger partial charge in [0.25, 0.3) is 5.56 Å². The van der Waals surface area contributed by atoms with Gasteiger partial charge in [0.1, 0.15) is 10.5 Å². The molecule has 9 heteroatoms. The van der Waals surface area contributed by atoms with E-state index in [2.05, 4.69) is 14.7 Å². The van der Waals surface area contributed by atoms with Crippen molar-refractivity contribution in [2.24, 2.45) is 0 Å². The highest BCUT2D eigenvalue weighted by Crippen LogP contribution is 2.13. The van der Waals surface area contributed by atoms with E-state index in [4.69, 9.17) is 0 Å². The van der Waals surface area contributed by atoms with E-state index >= 15 is 0 Å². The minimum atomic E-state index is -3.76. The summed E-state index contributed by atoms with van der Waals surface area (Å²) < 4.78 is 27.0. The summed E-state index contributed by atoms with van der Waals surface area (Å²) in [4.78, 5) is 30.9. The average molecular weight is 312 g/mol. The van der Waals surface area contributed by atoms with Crippen LogP contribution >= 0.6 is 0 Å². The molecular formula is C12H16N4O4S. The largest absolute Gasteiger partial charge is 0.327 e. The summed E-state index contributed by atoms with van der Waals surface area (Å²) in [5.74, 6) is 0. The Bertz CT molecular complexity index is 865. The highest BCUT2D eigenvalue weighted by atomic mass is 32.2. The van der Waals surface area contributed by atoms with Crippen LogP contribution in [-0.2, 0) is 10.0 Å². The van der Waals surface area contributed by atoms with Crippen molar-refractivity contribution in [1.82, 2.24) is 19.7 Å². The van der Waals surface area contributed by atoms with Gasteiger partial charge in [0.05, 0.1) is 5.39 Å². The zero-order valence-electron chi connectivity index (χ0n) is 11.6. The molecule has 0 aromatic carbocycles. The highest BCUT2D eigenvalue weighted by Gasteiger charge is 2.19. The molecule has 0 aliphatic heterocycles. The molecular weight excluding hydrogens is 296 g/mol.